The lowest BCUT2D eigenvalue weighted by atomic mass is 10.1. The Kier molecular flexibility index (Phi) is 5.58. The number of carbonyl (C=O) groups excluding carboxylic acids is 1. The molecule has 1 saturated heterocycles. The van der Waals surface area contributed by atoms with E-state index in [9.17, 15) is 9.18 Å². The number of nitrogens with zero attached hydrogens (tertiary/aromatic N) is 3. The Balaban J connectivity index is 1.33. The van der Waals surface area contributed by atoms with Crippen molar-refractivity contribution < 1.29 is 18.4 Å². The van der Waals surface area contributed by atoms with E-state index in [1.165, 1.54) is 12.1 Å². The molecule has 170 valence electrons. The second-order valence-electron chi connectivity index (χ2n) is 8.75. The fourth-order valence-electron chi connectivity index (χ4n) is 4.09. The Morgan fingerprint density at radius 2 is 2.06 bits per heavy atom. The molecule has 7 nitrogen and oxygen atoms in total. The molecular weight excluding hydrogens is 423 g/mol. The van der Waals surface area contributed by atoms with Gasteiger partial charge in [-0.1, -0.05) is 19.0 Å². The molecule has 1 aliphatic heterocycles. The number of likely N-dealkylation sites (tertiary alicyclic amines) is 1. The van der Waals surface area contributed by atoms with Crippen molar-refractivity contribution in [2.24, 2.45) is 5.92 Å². The zero-order chi connectivity index (χ0) is 22.9. The molecule has 8 heteroatoms. The summed E-state index contributed by atoms with van der Waals surface area (Å²) in [6.07, 6.45) is 1.63. The van der Waals surface area contributed by atoms with Crippen LogP contribution in [0.2, 0.25) is 0 Å². The van der Waals surface area contributed by atoms with Gasteiger partial charge in [-0.2, -0.15) is 0 Å². The van der Waals surface area contributed by atoms with E-state index in [1.807, 2.05) is 24.3 Å². The van der Waals surface area contributed by atoms with Crippen LogP contribution in [0.1, 0.15) is 49.0 Å². The molecule has 0 bridgehead atoms. The number of ether oxygens (including phenoxy) is 1. The number of fused-ring (bicyclic) bond motifs is 1. The number of rotatable bonds is 6. The second kappa shape index (κ2) is 8.69. The first-order valence-electron chi connectivity index (χ1n) is 11.1. The van der Waals surface area contributed by atoms with Gasteiger partial charge in [0.25, 0.3) is 5.91 Å². The molecule has 0 radical (unpaired) electrons. The van der Waals surface area contributed by atoms with Crippen LogP contribution in [0.25, 0.3) is 22.4 Å². The van der Waals surface area contributed by atoms with Crippen molar-refractivity contribution in [3.63, 3.8) is 0 Å². The van der Waals surface area contributed by atoms with E-state index in [0.29, 0.717) is 41.7 Å². The van der Waals surface area contributed by atoms with Crippen LogP contribution in [0.5, 0.6) is 5.75 Å². The molecule has 4 aromatic rings. The van der Waals surface area contributed by atoms with E-state index in [2.05, 4.69) is 29.0 Å². The van der Waals surface area contributed by atoms with Crippen molar-refractivity contribution in [1.82, 2.24) is 20.0 Å². The van der Waals surface area contributed by atoms with E-state index >= 15 is 0 Å². The predicted molar refractivity (Wildman–Crippen MR) is 121 cm³/mol. The minimum atomic E-state index is -0.327. The SMILES string of the molecule is CC(C)COc1ccc(-c2cc(C(=O)N3CCCC3c3nc4ccc(F)cc4[nH]3)no2)cc1. The molecule has 1 N–H and O–H groups in total. The van der Waals surface area contributed by atoms with Crippen LogP contribution in [0.15, 0.2) is 53.1 Å². The van der Waals surface area contributed by atoms with E-state index in [1.54, 1.807) is 17.0 Å². The zero-order valence-corrected chi connectivity index (χ0v) is 18.5. The van der Waals surface area contributed by atoms with Crippen LogP contribution >= 0.6 is 0 Å². The molecule has 1 fully saturated rings. The summed E-state index contributed by atoms with van der Waals surface area (Å²) in [6.45, 7) is 5.44. The number of halogens is 1. The summed E-state index contributed by atoms with van der Waals surface area (Å²) in [7, 11) is 0. The number of aromatic nitrogens is 3. The number of imidazole rings is 1. The summed E-state index contributed by atoms with van der Waals surface area (Å²) in [6, 6.07) is 13.4. The highest BCUT2D eigenvalue weighted by molar-refractivity contribution is 5.93. The van der Waals surface area contributed by atoms with Crippen molar-refractivity contribution in [3.8, 4) is 17.1 Å². The van der Waals surface area contributed by atoms with Gasteiger partial charge in [0.05, 0.1) is 23.7 Å². The fraction of sp³-hybridized carbons (Fsp3) is 0.320. The number of H-pyrrole nitrogens is 1. The lowest BCUT2D eigenvalue weighted by Gasteiger charge is -2.21. The van der Waals surface area contributed by atoms with Gasteiger partial charge in [0.2, 0.25) is 0 Å². The Bertz CT molecular complexity index is 1280. The number of nitrogens with one attached hydrogen (secondary N) is 1. The van der Waals surface area contributed by atoms with Crippen molar-refractivity contribution in [2.75, 3.05) is 13.2 Å². The van der Waals surface area contributed by atoms with Gasteiger partial charge in [0.15, 0.2) is 11.5 Å². The predicted octanol–water partition coefficient (Wildman–Crippen LogP) is 5.37. The van der Waals surface area contributed by atoms with Crippen molar-refractivity contribution in [2.45, 2.75) is 32.7 Å². The number of aromatic amines is 1. The van der Waals surface area contributed by atoms with E-state index < -0.39 is 0 Å². The largest absolute Gasteiger partial charge is 0.493 e. The van der Waals surface area contributed by atoms with Crippen LogP contribution in [-0.2, 0) is 0 Å². The molecule has 0 spiro atoms. The minimum absolute atomic E-state index is 0.212. The highest BCUT2D eigenvalue weighted by Gasteiger charge is 2.34. The topological polar surface area (TPSA) is 84.2 Å². The maximum atomic E-state index is 13.5. The van der Waals surface area contributed by atoms with Crippen LogP contribution in [0.4, 0.5) is 4.39 Å². The quantitative estimate of drug-likeness (QED) is 0.429. The summed E-state index contributed by atoms with van der Waals surface area (Å²) >= 11 is 0. The first-order chi connectivity index (χ1) is 16.0. The summed E-state index contributed by atoms with van der Waals surface area (Å²) < 4.78 is 24.7. The Hall–Kier alpha value is -3.68. The molecule has 1 aliphatic rings. The van der Waals surface area contributed by atoms with Crippen LogP contribution in [0.3, 0.4) is 0 Å². The third-order valence-electron chi connectivity index (χ3n) is 5.74. The first-order valence-corrected chi connectivity index (χ1v) is 11.1. The van der Waals surface area contributed by atoms with E-state index in [4.69, 9.17) is 9.26 Å². The highest BCUT2D eigenvalue weighted by atomic mass is 19.1. The molecule has 1 unspecified atom stereocenters. The monoisotopic (exact) mass is 448 g/mol. The molecule has 1 amide bonds. The number of hydrogen-bond donors (Lipinski definition) is 1. The normalized spacial score (nSPS) is 16.1. The van der Waals surface area contributed by atoms with Crippen molar-refractivity contribution in [3.05, 3.63) is 65.9 Å². The van der Waals surface area contributed by atoms with Crippen LogP contribution in [-0.4, -0.2) is 39.1 Å². The molecule has 0 saturated carbocycles. The third kappa shape index (κ3) is 4.33. The third-order valence-corrected chi connectivity index (χ3v) is 5.74. The Morgan fingerprint density at radius 1 is 1.24 bits per heavy atom. The average molecular weight is 448 g/mol. The molecule has 5 rings (SSSR count). The lowest BCUT2D eigenvalue weighted by molar-refractivity contribution is 0.0720. The Morgan fingerprint density at radius 3 is 2.85 bits per heavy atom. The summed E-state index contributed by atoms with van der Waals surface area (Å²) in [5, 5.41) is 4.02. The maximum Gasteiger partial charge on any atom is 0.276 e. The van der Waals surface area contributed by atoms with Crippen LogP contribution in [0, 0.1) is 11.7 Å². The number of carbonyl (C=O) groups is 1. The first kappa shape index (κ1) is 21.2. The lowest BCUT2D eigenvalue weighted by Crippen LogP contribution is -2.31. The highest BCUT2D eigenvalue weighted by Crippen LogP contribution is 2.33. The number of amides is 1. The zero-order valence-electron chi connectivity index (χ0n) is 18.5. The van der Waals surface area contributed by atoms with Gasteiger partial charge in [-0.15, -0.1) is 0 Å². The average Bonchev–Trinajstić information content (AvgIpc) is 3.56. The Labute approximate surface area is 190 Å². The van der Waals surface area contributed by atoms with E-state index in [-0.39, 0.29) is 23.5 Å². The summed E-state index contributed by atoms with van der Waals surface area (Å²) in [5.41, 5.74) is 2.36. The molecule has 2 aromatic carbocycles. The van der Waals surface area contributed by atoms with Gasteiger partial charge >= 0.3 is 0 Å². The van der Waals surface area contributed by atoms with Gasteiger partial charge in [-0.25, -0.2) is 9.37 Å². The minimum Gasteiger partial charge on any atom is -0.493 e. The van der Waals surface area contributed by atoms with E-state index in [0.717, 1.165) is 24.2 Å². The molecule has 1 atom stereocenters. The van der Waals surface area contributed by atoms with Gasteiger partial charge in [0, 0.05) is 18.2 Å². The number of benzene rings is 2. The van der Waals surface area contributed by atoms with Gasteiger partial charge in [-0.05, 0) is 61.2 Å². The molecule has 0 aliphatic carbocycles. The molecular formula is C25H25FN4O3. The summed E-state index contributed by atoms with van der Waals surface area (Å²) in [5.74, 6) is 1.87. The molecule has 2 aromatic heterocycles. The maximum absolute atomic E-state index is 13.5. The second-order valence-corrected chi connectivity index (χ2v) is 8.75. The van der Waals surface area contributed by atoms with Gasteiger partial charge in [0.1, 0.15) is 17.4 Å². The van der Waals surface area contributed by atoms with Crippen LogP contribution < -0.4 is 4.74 Å². The summed E-state index contributed by atoms with van der Waals surface area (Å²) in [4.78, 5) is 22.7. The number of hydrogen-bond acceptors (Lipinski definition) is 5. The van der Waals surface area contributed by atoms with Gasteiger partial charge in [-0.3, -0.25) is 4.79 Å². The standard InChI is InChI=1S/C25H25FN4O3/c1-15(2)14-32-18-8-5-16(6-9-18)23-13-21(29-33-23)25(31)30-11-3-4-22(30)24-27-19-10-7-17(26)12-20(19)28-24/h5-10,12-13,15,22H,3-4,11,14H2,1-2H3,(H,27,28). The smallest absolute Gasteiger partial charge is 0.276 e. The van der Waals surface area contributed by atoms with Crippen molar-refractivity contribution >= 4 is 16.9 Å². The van der Waals surface area contributed by atoms with Gasteiger partial charge < -0.3 is 19.1 Å². The van der Waals surface area contributed by atoms with Crippen molar-refractivity contribution in [1.29, 1.82) is 0 Å². The molecule has 3 heterocycles. The fourth-order valence-corrected chi connectivity index (χ4v) is 4.09. The molecule has 33 heavy (non-hydrogen) atoms.